The normalized spacial score (nSPS) is 12.7. The molecule has 5 heteroatoms. The van der Waals surface area contributed by atoms with Crippen LogP contribution in [0.15, 0.2) is 59.5 Å². The molecule has 0 heterocycles. The van der Waals surface area contributed by atoms with Crippen molar-refractivity contribution in [1.82, 2.24) is 0 Å². The van der Waals surface area contributed by atoms with Crippen molar-refractivity contribution in [1.29, 1.82) is 0 Å². The third kappa shape index (κ3) is 6.18. The molecule has 0 aliphatic carbocycles. The predicted octanol–water partition coefficient (Wildman–Crippen LogP) is 5.54. The van der Waals surface area contributed by atoms with Gasteiger partial charge in [0.05, 0.1) is 11.0 Å². The van der Waals surface area contributed by atoms with E-state index in [-0.39, 0.29) is 11.0 Å². The number of benzene rings is 2. The first-order chi connectivity index (χ1) is 12.0. The number of hydrogen-bond acceptors (Lipinski definition) is 4. The average molecular weight is 362 g/mol. The Balaban J connectivity index is 2.05. The third-order valence-corrected chi connectivity index (χ3v) is 5.22. The molecular weight excluding hydrogens is 336 g/mol. The molecule has 1 unspecified atom stereocenters. The van der Waals surface area contributed by atoms with E-state index in [1.54, 1.807) is 12.1 Å². The van der Waals surface area contributed by atoms with Gasteiger partial charge in [0.25, 0.3) is 10.1 Å². The summed E-state index contributed by atoms with van der Waals surface area (Å²) in [6, 6.07) is 15.7. The van der Waals surface area contributed by atoms with E-state index in [9.17, 15) is 8.42 Å². The van der Waals surface area contributed by atoms with E-state index in [2.05, 4.69) is 6.92 Å². The lowest BCUT2D eigenvalue weighted by Crippen LogP contribution is -2.18. The van der Waals surface area contributed by atoms with Crippen molar-refractivity contribution >= 4 is 10.1 Å². The van der Waals surface area contributed by atoms with E-state index in [0.717, 1.165) is 32.1 Å². The van der Waals surface area contributed by atoms with Gasteiger partial charge in [0.1, 0.15) is 11.5 Å². The summed E-state index contributed by atoms with van der Waals surface area (Å²) in [6.07, 6.45) is 4.13. The maximum atomic E-state index is 12.5. The summed E-state index contributed by atoms with van der Waals surface area (Å²) in [4.78, 5) is 0.158. The highest BCUT2D eigenvalue weighted by atomic mass is 32.2. The van der Waals surface area contributed by atoms with Crippen LogP contribution in [0.2, 0.25) is 0 Å². The van der Waals surface area contributed by atoms with Gasteiger partial charge in [0.2, 0.25) is 0 Å². The van der Waals surface area contributed by atoms with Gasteiger partial charge >= 0.3 is 0 Å². The molecule has 0 saturated carbocycles. The van der Waals surface area contributed by atoms with Crippen LogP contribution < -0.4 is 4.74 Å². The summed E-state index contributed by atoms with van der Waals surface area (Å²) in [5.41, 5.74) is 0. The number of unbranched alkanes of at least 4 members (excludes halogenated alkanes) is 1. The topological polar surface area (TPSA) is 52.6 Å². The van der Waals surface area contributed by atoms with E-state index in [1.165, 1.54) is 12.1 Å². The van der Waals surface area contributed by atoms with E-state index in [4.69, 9.17) is 8.92 Å². The van der Waals surface area contributed by atoms with Crippen LogP contribution >= 0.6 is 0 Å². The second-order valence-electron chi connectivity index (χ2n) is 5.99. The van der Waals surface area contributed by atoms with Crippen molar-refractivity contribution in [2.45, 2.75) is 57.0 Å². The van der Waals surface area contributed by atoms with Gasteiger partial charge in [-0.25, -0.2) is 0 Å². The highest BCUT2D eigenvalue weighted by Crippen LogP contribution is 2.25. The monoisotopic (exact) mass is 362 g/mol. The lowest BCUT2D eigenvalue weighted by atomic mass is 10.1. The molecule has 0 aliphatic rings. The molecule has 2 aromatic rings. The molecule has 0 amide bonds. The molecule has 0 N–H and O–H groups in total. The first-order valence-corrected chi connectivity index (χ1v) is 10.2. The Kier molecular flexibility index (Phi) is 7.47. The fraction of sp³-hybridized carbons (Fsp3) is 0.400. The van der Waals surface area contributed by atoms with Crippen LogP contribution in [-0.4, -0.2) is 14.5 Å². The van der Waals surface area contributed by atoms with Gasteiger partial charge in [-0.1, -0.05) is 51.3 Å². The quantitative estimate of drug-likeness (QED) is 0.520. The molecule has 1 atom stereocenters. The van der Waals surface area contributed by atoms with E-state index >= 15 is 0 Å². The minimum Gasteiger partial charge on any atom is -0.457 e. The van der Waals surface area contributed by atoms with Crippen LogP contribution in [0.5, 0.6) is 11.5 Å². The van der Waals surface area contributed by atoms with Crippen molar-refractivity contribution < 1.29 is 17.3 Å². The van der Waals surface area contributed by atoms with Crippen molar-refractivity contribution in [3.63, 3.8) is 0 Å². The highest BCUT2D eigenvalue weighted by molar-refractivity contribution is 7.86. The molecule has 136 valence electrons. The first kappa shape index (κ1) is 19.5. The van der Waals surface area contributed by atoms with Gasteiger partial charge in [0.15, 0.2) is 0 Å². The minimum absolute atomic E-state index is 0.158. The lowest BCUT2D eigenvalue weighted by molar-refractivity contribution is 0.184. The summed E-state index contributed by atoms with van der Waals surface area (Å²) in [7, 11) is -3.76. The molecule has 0 aliphatic heterocycles. The zero-order valence-electron chi connectivity index (χ0n) is 14.9. The second kappa shape index (κ2) is 9.59. The smallest absolute Gasteiger partial charge is 0.297 e. The van der Waals surface area contributed by atoms with Crippen molar-refractivity contribution in [2.24, 2.45) is 0 Å². The Bertz CT molecular complexity index is 724. The van der Waals surface area contributed by atoms with E-state index in [1.807, 2.05) is 37.3 Å². The largest absolute Gasteiger partial charge is 0.457 e. The zero-order chi connectivity index (χ0) is 18.1. The fourth-order valence-electron chi connectivity index (χ4n) is 2.53. The summed E-state index contributed by atoms with van der Waals surface area (Å²) in [5, 5.41) is 0. The van der Waals surface area contributed by atoms with Gasteiger partial charge < -0.3 is 4.74 Å². The van der Waals surface area contributed by atoms with Crippen LogP contribution in [0.4, 0.5) is 0 Å². The van der Waals surface area contributed by atoms with Gasteiger partial charge in [-0.15, -0.1) is 0 Å². The maximum absolute atomic E-state index is 12.5. The number of hydrogen-bond donors (Lipinski definition) is 0. The standard InChI is InChI=1S/C20H26O4S/c1-3-5-10-19(9-4-2)24-25(21,22)20-15-13-18(14-16-20)23-17-11-7-6-8-12-17/h6-8,11-16,19H,3-5,9-10H2,1-2H3. The Morgan fingerprint density at radius 1 is 0.840 bits per heavy atom. The van der Waals surface area contributed by atoms with Crippen molar-refractivity contribution in [2.75, 3.05) is 0 Å². The molecular formula is C20H26O4S. The van der Waals surface area contributed by atoms with Crippen LogP contribution in [0.3, 0.4) is 0 Å². The fourth-order valence-corrected chi connectivity index (χ4v) is 3.66. The summed E-state index contributed by atoms with van der Waals surface area (Å²) in [5.74, 6) is 1.29. The van der Waals surface area contributed by atoms with Crippen LogP contribution in [0.1, 0.15) is 46.0 Å². The molecule has 25 heavy (non-hydrogen) atoms. The minimum atomic E-state index is -3.76. The Hall–Kier alpha value is -1.85. The molecule has 0 aromatic heterocycles. The summed E-state index contributed by atoms with van der Waals surface area (Å²) < 4.78 is 36.1. The Morgan fingerprint density at radius 2 is 1.48 bits per heavy atom. The predicted molar refractivity (Wildman–Crippen MR) is 99.4 cm³/mol. The van der Waals surface area contributed by atoms with Crippen LogP contribution in [0.25, 0.3) is 0 Å². The van der Waals surface area contributed by atoms with Gasteiger partial charge in [-0.2, -0.15) is 8.42 Å². The molecule has 0 spiro atoms. The molecule has 2 rings (SSSR count). The highest BCUT2D eigenvalue weighted by Gasteiger charge is 2.21. The van der Waals surface area contributed by atoms with Gasteiger partial charge in [-0.3, -0.25) is 4.18 Å². The molecule has 0 bridgehead atoms. The average Bonchev–Trinajstić information content (AvgIpc) is 2.61. The van der Waals surface area contributed by atoms with Crippen molar-refractivity contribution in [3.05, 3.63) is 54.6 Å². The second-order valence-corrected chi connectivity index (χ2v) is 7.56. The third-order valence-electron chi connectivity index (χ3n) is 3.84. The SMILES string of the molecule is CCCCC(CCC)OS(=O)(=O)c1ccc(Oc2ccccc2)cc1. The number of para-hydroxylation sites is 1. The molecule has 0 saturated heterocycles. The van der Waals surface area contributed by atoms with E-state index in [0.29, 0.717) is 11.5 Å². The summed E-state index contributed by atoms with van der Waals surface area (Å²) >= 11 is 0. The van der Waals surface area contributed by atoms with Crippen molar-refractivity contribution in [3.8, 4) is 11.5 Å². The molecule has 0 radical (unpaired) electrons. The Labute approximate surface area is 150 Å². The maximum Gasteiger partial charge on any atom is 0.297 e. The summed E-state index contributed by atoms with van der Waals surface area (Å²) in [6.45, 7) is 4.12. The molecule has 0 fully saturated rings. The van der Waals surface area contributed by atoms with Crippen LogP contribution in [0, 0.1) is 0 Å². The van der Waals surface area contributed by atoms with Gasteiger partial charge in [0, 0.05) is 0 Å². The lowest BCUT2D eigenvalue weighted by Gasteiger charge is -2.16. The van der Waals surface area contributed by atoms with Crippen LogP contribution in [-0.2, 0) is 14.3 Å². The number of ether oxygens (including phenoxy) is 1. The van der Waals surface area contributed by atoms with Gasteiger partial charge in [-0.05, 0) is 49.2 Å². The first-order valence-electron chi connectivity index (χ1n) is 8.81. The molecule has 2 aromatic carbocycles. The van der Waals surface area contributed by atoms with E-state index < -0.39 is 10.1 Å². The Morgan fingerprint density at radius 3 is 2.08 bits per heavy atom. The molecule has 4 nitrogen and oxygen atoms in total. The number of rotatable bonds is 10. The zero-order valence-corrected chi connectivity index (χ0v) is 15.7.